The van der Waals surface area contributed by atoms with Crippen LogP contribution in [0.3, 0.4) is 0 Å². The highest BCUT2D eigenvalue weighted by molar-refractivity contribution is 5.87. The van der Waals surface area contributed by atoms with E-state index in [1.807, 2.05) is 24.3 Å². The highest BCUT2D eigenvalue weighted by Gasteiger charge is 2.40. The summed E-state index contributed by atoms with van der Waals surface area (Å²) in [7, 11) is 0. The first-order valence-corrected chi connectivity index (χ1v) is 15.3. The van der Waals surface area contributed by atoms with Crippen LogP contribution < -0.4 is 9.47 Å². The van der Waals surface area contributed by atoms with Crippen LogP contribution in [-0.2, 0) is 24.5 Å². The molecule has 0 heterocycles. The molecule has 5 unspecified atom stereocenters. The minimum atomic E-state index is -0.935. The minimum Gasteiger partial charge on any atom is -0.491 e. The summed E-state index contributed by atoms with van der Waals surface area (Å²) >= 11 is 0. The molecule has 1 saturated carbocycles. The Morgan fingerprint density at radius 3 is 1.70 bits per heavy atom. The fourth-order valence-electron chi connectivity index (χ4n) is 5.69. The molecule has 2 aromatic rings. The average Bonchev–Trinajstić information content (AvgIpc) is 3.00. The molecule has 8 heteroatoms. The van der Waals surface area contributed by atoms with E-state index in [1.165, 1.54) is 11.1 Å². The van der Waals surface area contributed by atoms with Gasteiger partial charge in [0, 0.05) is 11.1 Å². The van der Waals surface area contributed by atoms with E-state index in [9.17, 15) is 19.8 Å². The molecule has 1 fully saturated rings. The second-order valence-electron chi connectivity index (χ2n) is 12.6. The molecule has 2 aromatic carbocycles. The van der Waals surface area contributed by atoms with E-state index in [1.54, 1.807) is 13.8 Å². The molecular weight excluding hydrogens is 560 g/mol. The Morgan fingerprint density at radius 1 is 0.818 bits per heavy atom. The van der Waals surface area contributed by atoms with Crippen LogP contribution in [0.1, 0.15) is 70.9 Å². The van der Waals surface area contributed by atoms with Gasteiger partial charge in [0.1, 0.15) is 50.1 Å². The Balaban J connectivity index is 1.61. The molecule has 240 valence electrons. The summed E-state index contributed by atoms with van der Waals surface area (Å²) in [4.78, 5) is 23.1. The van der Waals surface area contributed by atoms with E-state index in [0.29, 0.717) is 29.3 Å². The van der Waals surface area contributed by atoms with Gasteiger partial charge in [-0.15, -0.1) is 0 Å². The lowest BCUT2D eigenvalue weighted by Gasteiger charge is -2.45. The van der Waals surface area contributed by atoms with Gasteiger partial charge in [0.2, 0.25) is 0 Å². The molecule has 0 aliphatic heterocycles. The lowest BCUT2D eigenvalue weighted by molar-refractivity contribution is -0.143. The lowest BCUT2D eigenvalue weighted by Crippen LogP contribution is -2.35. The highest BCUT2D eigenvalue weighted by Crippen LogP contribution is 2.51. The molecule has 3 rings (SSSR count). The van der Waals surface area contributed by atoms with Crippen molar-refractivity contribution in [2.45, 2.75) is 77.4 Å². The number of hydrogen-bond donors (Lipinski definition) is 2. The normalized spacial score (nSPS) is 21.2. The molecule has 44 heavy (non-hydrogen) atoms. The molecule has 0 aromatic heterocycles. The number of carbonyl (C=O) groups excluding carboxylic acids is 2. The third-order valence-corrected chi connectivity index (χ3v) is 8.33. The zero-order valence-corrected chi connectivity index (χ0v) is 26.7. The maximum atomic E-state index is 11.5. The van der Waals surface area contributed by atoms with Crippen LogP contribution in [0.2, 0.25) is 0 Å². The van der Waals surface area contributed by atoms with Crippen molar-refractivity contribution in [1.29, 1.82) is 0 Å². The van der Waals surface area contributed by atoms with E-state index in [0.717, 1.165) is 19.3 Å². The van der Waals surface area contributed by atoms with Crippen molar-refractivity contribution in [2.24, 2.45) is 11.8 Å². The van der Waals surface area contributed by atoms with Crippen molar-refractivity contribution in [2.75, 3.05) is 26.4 Å². The molecule has 1 aliphatic carbocycles. The van der Waals surface area contributed by atoms with E-state index >= 15 is 0 Å². The van der Waals surface area contributed by atoms with Crippen LogP contribution in [0.15, 0.2) is 72.8 Å². The fraction of sp³-hybridized carbons (Fsp3) is 0.500. The zero-order valence-electron chi connectivity index (χ0n) is 26.7. The van der Waals surface area contributed by atoms with Gasteiger partial charge in [-0.25, -0.2) is 9.59 Å². The SMILES string of the molecule is C=C(C)C(=O)OCC(O)COc1ccc(C2CC(C)(c3ccc(OCC(O)COC(=O)C(=C)C)cc3)CCC2C(C)C)cc1. The summed E-state index contributed by atoms with van der Waals surface area (Å²) in [6, 6.07) is 16.2. The van der Waals surface area contributed by atoms with E-state index in [-0.39, 0.29) is 43.0 Å². The van der Waals surface area contributed by atoms with Crippen molar-refractivity contribution in [3.8, 4) is 11.5 Å². The molecule has 0 amide bonds. The first-order valence-electron chi connectivity index (χ1n) is 15.3. The number of carbonyl (C=O) groups is 2. The summed E-state index contributed by atoms with van der Waals surface area (Å²) in [5, 5.41) is 20.2. The Labute approximate surface area is 261 Å². The second kappa shape index (κ2) is 15.9. The smallest absolute Gasteiger partial charge is 0.333 e. The van der Waals surface area contributed by atoms with Crippen molar-refractivity contribution in [3.63, 3.8) is 0 Å². The summed E-state index contributed by atoms with van der Waals surface area (Å²) < 4.78 is 21.5. The molecule has 8 nitrogen and oxygen atoms in total. The highest BCUT2D eigenvalue weighted by atomic mass is 16.6. The largest absolute Gasteiger partial charge is 0.491 e. The van der Waals surface area contributed by atoms with Crippen molar-refractivity contribution in [3.05, 3.63) is 84.0 Å². The Hall–Kier alpha value is -3.62. The molecular formula is C36H48O8. The van der Waals surface area contributed by atoms with Gasteiger partial charge in [0.25, 0.3) is 0 Å². The zero-order chi connectivity index (χ0) is 32.4. The van der Waals surface area contributed by atoms with E-state index in [4.69, 9.17) is 18.9 Å². The van der Waals surface area contributed by atoms with Gasteiger partial charge in [0.15, 0.2) is 0 Å². The van der Waals surface area contributed by atoms with Crippen LogP contribution in [0.25, 0.3) is 0 Å². The molecule has 0 spiro atoms. The monoisotopic (exact) mass is 608 g/mol. The molecule has 0 radical (unpaired) electrons. The number of aliphatic hydroxyl groups is 2. The molecule has 0 bridgehead atoms. The Morgan fingerprint density at radius 2 is 1.27 bits per heavy atom. The summed E-state index contributed by atoms with van der Waals surface area (Å²) in [6.45, 7) is 16.8. The van der Waals surface area contributed by atoms with E-state index < -0.39 is 24.1 Å². The van der Waals surface area contributed by atoms with Gasteiger partial charge in [-0.3, -0.25) is 0 Å². The van der Waals surface area contributed by atoms with Gasteiger partial charge < -0.3 is 29.2 Å². The standard InChI is InChI=1S/C36H48O8/c1-23(2)32-16-17-36(7,27-10-14-31(15-11-27)42-20-29(38)22-44-35(40)25(5)6)18-33(32)26-8-12-30(13-9-26)41-19-28(37)21-43-34(39)24(3)4/h8-15,23,28-29,32-33,37-38H,3,5,16-22H2,1-2,4,6-7H3. The molecule has 5 atom stereocenters. The van der Waals surface area contributed by atoms with E-state index in [2.05, 4.69) is 58.2 Å². The van der Waals surface area contributed by atoms with Gasteiger partial charge in [-0.2, -0.15) is 0 Å². The first-order chi connectivity index (χ1) is 20.8. The maximum Gasteiger partial charge on any atom is 0.333 e. The number of ether oxygens (including phenoxy) is 4. The Kier molecular flexibility index (Phi) is 12.6. The summed E-state index contributed by atoms with van der Waals surface area (Å²) in [5.41, 5.74) is 3.05. The number of benzene rings is 2. The Bertz CT molecular complexity index is 1270. The fourth-order valence-corrected chi connectivity index (χ4v) is 5.69. The predicted octanol–water partition coefficient (Wildman–Crippen LogP) is 5.90. The van der Waals surface area contributed by atoms with Crippen LogP contribution in [0.5, 0.6) is 11.5 Å². The van der Waals surface area contributed by atoms with Gasteiger partial charge in [-0.1, -0.05) is 58.2 Å². The van der Waals surface area contributed by atoms with Crippen molar-refractivity contribution in [1.82, 2.24) is 0 Å². The average molecular weight is 609 g/mol. The number of aliphatic hydroxyl groups excluding tert-OH is 2. The topological polar surface area (TPSA) is 112 Å². The van der Waals surface area contributed by atoms with Gasteiger partial charge >= 0.3 is 11.9 Å². The van der Waals surface area contributed by atoms with Crippen LogP contribution in [-0.4, -0.2) is 60.8 Å². The molecule has 1 aliphatic rings. The quantitative estimate of drug-likeness (QED) is 0.190. The molecule has 2 N–H and O–H groups in total. The van der Waals surface area contributed by atoms with Gasteiger partial charge in [-0.05, 0) is 91.7 Å². The van der Waals surface area contributed by atoms with Crippen LogP contribution >= 0.6 is 0 Å². The number of rotatable bonds is 15. The van der Waals surface area contributed by atoms with Crippen LogP contribution in [0.4, 0.5) is 0 Å². The van der Waals surface area contributed by atoms with Crippen molar-refractivity contribution >= 4 is 11.9 Å². The maximum absolute atomic E-state index is 11.5. The molecule has 0 saturated heterocycles. The third kappa shape index (κ3) is 9.96. The summed E-state index contributed by atoms with van der Waals surface area (Å²) in [5.74, 6) is 1.66. The second-order valence-corrected chi connectivity index (χ2v) is 12.6. The number of esters is 2. The minimum absolute atomic E-state index is 0.0133. The third-order valence-electron chi connectivity index (χ3n) is 8.33. The summed E-state index contributed by atoms with van der Waals surface area (Å²) in [6.07, 6.45) is 1.32. The first kappa shape index (κ1) is 34.9. The van der Waals surface area contributed by atoms with Crippen molar-refractivity contribution < 1.29 is 38.7 Å². The van der Waals surface area contributed by atoms with Gasteiger partial charge in [0.05, 0.1) is 0 Å². The predicted molar refractivity (Wildman–Crippen MR) is 170 cm³/mol. The lowest BCUT2D eigenvalue weighted by atomic mass is 9.59. The van der Waals surface area contributed by atoms with Crippen LogP contribution in [0, 0.1) is 11.8 Å². The number of hydrogen-bond acceptors (Lipinski definition) is 8.